The highest BCUT2D eigenvalue weighted by atomic mass is 33.1. The molecule has 1 atom stereocenters. The summed E-state index contributed by atoms with van der Waals surface area (Å²) in [5.74, 6) is 0.722. The lowest BCUT2D eigenvalue weighted by Gasteiger charge is -2.13. The van der Waals surface area contributed by atoms with Crippen molar-refractivity contribution in [2.75, 3.05) is 7.11 Å². The van der Waals surface area contributed by atoms with Crippen LogP contribution in [0, 0.1) is 0 Å². The van der Waals surface area contributed by atoms with Gasteiger partial charge >= 0.3 is 5.97 Å². The van der Waals surface area contributed by atoms with Gasteiger partial charge in [0.05, 0.1) is 13.0 Å². The van der Waals surface area contributed by atoms with Crippen molar-refractivity contribution < 1.29 is 14.3 Å². The quantitative estimate of drug-likeness (QED) is 0.257. The molecule has 0 saturated carbocycles. The first-order chi connectivity index (χ1) is 14.0. The molecule has 4 rings (SSSR count). The number of carbonyl (C=O) groups is 1. The van der Waals surface area contributed by atoms with E-state index in [1.807, 2.05) is 67.6 Å². The number of methoxy groups -OCH3 is 1. The molecular weight excluding hydrogens is 400 g/mol. The van der Waals surface area contributed by atoms with E-state index in [1.165, 1.54) is 4.91 Å². The Bertz CT molecular complexity index is 1120. The van der Waals surface area contributed by atoms with Crippen molar-refractivity contribution in [2.45, 2.75) is 12.8 Å². The van der Waals surface area contributed by atoms with Crippen LogP contribution >= 0.6 is 21.6 Å². The van der Waals surface area contributed by atoms with Crippen molar-refractivity contribution in [1.82, 2.24) is 0 Å². The minimum atomic E-state index is -0.367. The van der Waals surface area contributed by atoms with Crippen LogP contribution in [0.25, 0.3) is 15.7 Å². The zero-order chi connectivity index (χ0) is 20.4. The Labute approximate surface area is 178 Å². The number of allylic oxidation sites excluding steroid dienone is 1. The summed E-state index contributed by atoms with van der Waals surface area (Å²) in [6.45, 7) is 5.82. The van der Waals surface area contributed by atoms with Gasteiger partial charge < -0.3 is 9.47 Å². The van der Waals surface area contributed by atoms with Gasteiger partial charge in [-0.3, -0.25) is 4.79 Å². The molecule has 0 amide bonds. The molecule has 1 aliphatic heterocycles. The number of carbonyl (C=O) groups excluding carboxylic acids is 1. The number of hydrogen-bond donors (Lipinski definition) is 0. The molecule has 0 bridgehead atoms. The number of ether oxygens (including phenoxy) is 2. The Hall–Kier alpha value is -2.63. The maximum absolute atomic E-state index is 12.7. The summed E-state index contributed by atoms with van der Waals surface area (Å²) in [7, 11) is 5.00. The zero-order valence-electron chi connectivity index (χ0n) is 16.2. The normalized spacial score (nSPS) is 14.6. The van der Waals surface area contributed by atoms with Crippen molar-refractivity contribution in [1.29, 1.82) is 0 Å². The largest absolute Gasteiger partial charge is 0.497 e. The van der Waals surface area contributed by atoms with Crippen LogP contribution in [-0.2, 0) is 4.79 Å². The number of hydrogen-bond acceptors (Lipinski definition) is 5. The number of fused-ring (bicyclic) bond motifs is 1. The molecule has 0 aliphatic carbocycles. The van der Waals surface area contributed by atoms with Gasteiger partial charge in [-0.05, 0) is 59.2 Å². The average molecular weight is 421 g/mol. The van der Waals surface area contributed by atoms with Crippen LogP contribution in [-0.4, -0.2) is 13.1 Å². The Morgan fingerprint density at radius 1 is 0.931 bits per heavy atom. The molecular formula is C24H20O3S2. The highest BCUT2D eigenvalue weighted by molar-refractivity contribution is 8.82. The van der Waals surface area contributed by atoms with Gasteiger partial charge in [-0.1, -0.05) is 64.6 Å². The first kappa shape index (κ1) is 19.7. The zero-order valence-corrected chi connectivity index (χ0v) is 17.8. The SMILES string of the molecule is C=C1C=C(c2ccc(OC(=O)C(C)c3ccc4cc(OC)ccc4c3)cc2)SS1. The number of benzene rings is 3. The number of rotatable bonds is 5. The fraction of sp³-hybridized carbons (Fsp3) is 0.125. The standard InChI is InChI=1S/C24H20O3S2/c1-15-12-23(29-28-15)17-6-9-21(10-7-17)27-24(25)16(2)18-4-5-20-14-22(26-3)11-8-19(20)13-18/h4-14,16H,1H2,2-3H3. The van der Waals surface area contributed by atoms with E-state index in [2.05, 4.69) is 12.7 Å². The van der Waals surface area contributed by atoms with Crippen LogP contribution in [0.5, 0.6) is 11.5 Å². The van der Waals surface area contributed by atoms with Gasteiger partial charge in [0.1, 0.15) is 11.5 Å². The van der Waals surface area contributed by atoms with Crippen LogP contribution in [0.2, 0.25) is 0 Å². The molecule has 1 aliphatic rings. The molecule has 0 radical (unpaired) electrons. The molecule has 146 valence electrons. The second-order valence-corrected chi connectivity index (χ2v) is 9.08. The minimum absolute atomic E-state index is 0.274. The summed E-state index contributed by atoms with van der Waals surface area (Å²) in [6.07, 6.45) is 2.06. The topological polar surface area (TPSA) is 35.5 Å². The highest BCUT2D eigenvalue weighted by Gasteiger charge is 2.18. The fourth-order valence-electron chi connectivity index (χ4n) is 3.09. The van der Waals surface area contributed by atoms with Gasteiger partial charge in [0.25, 0.3) is 0 Å². The van der Waals surface area contributed by atoms with Crippen LogP contribution in [0.3, 0.4) is 0 Å². The molecule has 0 spiro atoms. The van der Waals surface area contributed by atoms with Gasteiger partial charge in [0, 0.05) is 9.81 Å². The van der Waals surface area contributed by atoms with Gasteiger partial charge in [0.15, 0.2) is 0 Å². The van der Waals surface area contributed by atoms with Crippen LogP contribution in [0.1, 0.15) is 24.0 Å². The van der Waals surface area contributed by atoms with E-state index in [9.17, 15) is 4.79 Å². The lowest BCUT2D eigenvalue weighted by molar-refractivity contribution is -0.135. The summed E-state index contributed by atoms with van der Waals surface area (Å²) in [4.78, 5) is 14.9. The van der Waals surface area contributed by atoms with E-state index in [-0.39, 0.29) is 11.9 Å². The van der Waals surface area contributed by atoms with Gasteiger partial charge in [-0.25, -0.2) is 0 Å². The maximum atomic E-state index is 12.7. The van der Waals surface area contributed by atoms with Gasteiger partial charge in [0.2, 0.25) is 0 Å². The lowest BCUT2D eigenvalue weighted by atomic mass is 9.98. The predicted octanol–water partition coefficient (Wildman–Crippen LogP) is 6.81. The summed E-state index contributed by atoms with van der Waals surface area (Å²) < 4.78 is 10.9. The van der Waals surface area contributed by atoms with E-state index in [1.54, 1.807) is 28.7 Å². The Morgan fingerprint density at radius 2 is 1.62 bits per heavy atom. The van der Waals surface area contributed by atoms with Crippen LogP contribution < -0.4 is 9.47 Å². The van der Waals surface area contributed by atoms with Crippen LogP contribution in [0.15, 0.2) is 78.2 Å². The molecule has 0 fully saturated rings. The van der Waals surface area contributed by atoms with E-state index in [0.717, 1.165) is 32.6 Å². The number of esters is 1. The van der Waals surface area contributed by atoms with Crippen molar-refractivity contribution in [3.63, 3.8) is 0 Å². The van der Waals surface area contributed by atoms with Gasteiger partial charge in [-0.15, -0.1) is 0 Å². The Kier molecular flexibility index (Phi) is 5.69. The minimum Gasteiger partial charge on any atom is -0.497 e. The first-order valence-corrected chi connectivity index (χ1v) is 11.3. The van der Waals surface area contributed by atoms with E-state index >= 15 is 0 Å². The van der Waals surface area contributed by atoms with E-state index in [0.29, 0.717) is 5.75 Å². The third-order valence-corrected chi connectivity index (χ3v) is 7.19. The second-order valence-electron chi connectivity index (χ2n) is 6.78. The first-order valence-electron chi connectivity index (χ1n) is 9.18. The molecule has 3 aromatic carbocycles. The Morgan fingerprint density at radius 3 is 2.31 bits per heavy atom. The molecule has 0 N–H and O–H groups in total. The summed E-state index contributed by atoms with van der Waals surface area (Å²) in [6, 6.07) is 19.5. The summed E-state index contributed by atoms with van der Waals surface area (Å²) >= 11 is 0. The summed E-state index contributed by atoms with van der Waals surface area (Å²) in [5, 5.41) is 2.14. The lowest BCUT2D eigenvalue weighted by Crippen LogP contribution is -2.16. The van der Waals surface area contributed by atoms with Crippen LogP contribution in [0.4, 0.5) is 0 Å². The average Bonchev–Trinajstić information content (AvgIpc) is 3.19. The summed E-state index contributed by atoms with van der Waals surface area (Å²) in [5.41, 5.74) is 2.02. The van der Waals surface area contributed by atoms with E-state index < -0.39 is 0 Å². The van der Waals surface area contributed by atoms with Crippen molar-refractivity contribution >= 4 is 43.2 Å². The van der Waals surface area contributed by atoms with E-state index in [4.69, 9.17) is 9.47 Å². The fourth-order valence-corrected chi connectivity index (χ4v) is 5.12. The molecule has 1 unspecified atom stereocenters. The highest BCUT2D eigenvalue weighted by Crippen LogP contribution is 2.48. The maximum Gasteiger partial charge on any atom is 0.318 e. The molecule has 0 aromatic heterocycles. The Balaban J connectivity index is 1.47. The van der Waals surface area contributed by atoms with Crippen molar-refractivity contribution in [3.8, 4) is 11.5 Å². The molecule has 5 heteroatoms. The van der Waals surface area contributed by atoms with Crippen molar-refractivity contribution in [3.05, 3.63) is 89.4 Å². The molecule has 1 heterocycles. The third kappa shape index (κ3) is 4.36. The third-order valence-electron chi connectivity index (χ3n) is 4.81. The van der Waals surface area contributed by atoms with Gasteiger partial charge in [-0.2, -0.15) is 0 Å². The van der Waals surface area contributed by atoms with Crippen molar-refractivity contribution in [2.24, 2.45) is 0 Å². The monoisotopic (exact) mass is 420 g/mol. The predicted molar refractivity (Wildman–Crippen MR) is 123 cm³/mol. The molecule has 3 aromatic rings. The second kappa shape index (κ2) is 8.39. The molecule has 29 heavy (non-hydrogen) atoms. The smallest absolute Gasteiger partial charge is 0.318 e. The molecule has 0 saturated heterocycles. The molecule has 3 nitrogen and oxygen atoms in total.